The number of halogens is 1. The van der Waals surface area contributed by atoms with Crippen molar-refractivity contribution < 1.29 is 13.9 Å². The number of rotatable bonds is 3. The van der Waals surface area contributed by atoms with Gasteiger partial charge in [0.2, 0.25) is 0 Å². The quantitative estimate of drug-likeness (QED) is 0.847. The van der Waals surface area contributed by atoms with E-state index in [1.807, 2.05) is 6.08 Å². The highest BCUT2D eigenvalue weighted by atomic mass is 19.1. The van der Waals surface area contributed by atoms with Crippen LogP contribution in [0.25, 0.3) is 6.08 Å². The second-order valence-electron chi connectivity index (χ2n) is 5.33. The van der Waals surface area contributed by atoms with E-state index in [1.165, 1.54) is 11.6 Å². The van der Waals surface area contributed by atoms with Crippen molar-refractivity contribution in [2.24, 2.45) is 0 Å². The first-order valence-corrected chi connectivity index (χ1v) is 7.13. The van der Waals surface area contributed by atoms with Crippen LogP contribution in [0.3, 0.4) is 0 Å². The zero-order valence-electron chi connectivity index (χ0n) is 11.8. The van der Waals surface area contributed by atoms with E-state index < -0.39 is 0 Å². The Morgan fingerprint density at radius 1 is 1.25 bits per heavy atom. The van der Waals surface area contributed by atoms with Gasteiger partial charge in [-0.25, -0.2) is 4.39 Å². The molecule has 4 heteroatoms. The average molecular weight is 277 g/mol. The standard InChI is InChI=1S/C16H20FNO2/c1-19-16-5-4-15(17)14-10-12(2-3-13(14)16)11-18-6-8-20-9-7-18/h4-5,10H,2-3,6-9,11H2,1H3. The third-order valence-corrected chi connectivity index (χ3v) is 4.06. The molecule has 108 valence electrons. The molecule has 1 heterocycles. The number of hydrogen-bond donors (Lipinski definition) is 0. The van der Waals surface area contributed by atoms with Crippen molar-refractivity contribution in [1.29, 1.82) is 0 Å². The zero-order chi connectivity index (χ0) is 13.9. The Bertz CT molecular complexity index is 521. The summed E-state index contributed by atoms with van der Waals surface area (Å²) in [7, 11) is 1.64. The van der Waals surface area contributed by atoms with Gasteiger partial charge in [0.15, 0.2) is 0 Å². The molecule has 0 atom stereocenters. The van der Waals surface area contributed by atoms with Gasteiger partial charge in [-0.05, 0) is 25.0 Å². The third-order valence-electron chi connectivity index (χ3n) is 4.06. The van der Waals surface area contributed by atoms with E-state index in [1.54, 1.807) is 13.2 Å². The minimum atomic E-state index is -0.153. The molecule has 0 N–H and O–H groups in total. The first kappa shape index (κ1) is 13.6. The lowest BCUT2D eigenvalue weighted by molar-refractivity contribution is 0.0420. The van der Waals surface area contributed by atoms with E-state index in [2.05, 4.69) is 4.90 Å². The summed E-state index contributed by atoms with van der Waals surface area (Å²) in [6.07, 6.45) is 3.84. The van der Waals surface area contributed by atoms with Crippen molar-refractivity contribution in [1.82, 2.24) is 4.90 Å². The predicted octanol–water partition coefficient (Wildman–Crippen LogP) is 2.50. The molecular formula is C16H20FNO2. The first-order chi connectivity index (χ1) is 9.78. The monoisotopic (exact) mass is 277 g/mol. The minimum absolute atomic E-state index is 0.153. The molecule has 1 saturated heterocycles. The van der Waals surface area contributed by atoms with Crippen LogP contribution in [0.4, 0.5) is 4.39 Å². The summed E-state index contributed by atoms with van der Waals surface area (Å²) in [5.41, 5.74) is 3.00. The van der Waals surface area contributed by atoms with Gasteiger partial charge in [0, 0.05) is 30.8 Å². The van der Waals surface area contributed by atoms with Gasteiger partial charge in [-0.3, -0.25) is 4.90 Å². The molecule has 0 saturated carbocycles. The number of morpholine rings is 1. The summed E-state index contributed by atoms with van der Waals surface area (Å²) < 4.78 is 24.7. The molecule has 0 bridgehead atoms. The molecule has 1 aromatic carbocycles. The van der Waals surface area contributed by atoms with Gasteiger partial charge in [-0.15, -0.1) is 0 Å². The maximum atomic E-state index is 14.0. The lowest BCUT2D eigenvalue weighted by Gasteiger charge is -2.29. The number of fused-ring (bicyclic) bond motifs is 1. The van der Waals surface area contributed by atoms with E-state index in [-0.39, 0.29) is 5.82 Å². The Morgan fingerprint density at radius 2 is 2.05 bits per heavy atom. The molecule has 0 aromatic heterocycles. The molecule has 3 rings (SSSR count). The van der Waals surface area contributed by atoms with E-state index in [0.717, 1.165) is 57.0 Å². The van der Waals surface area contributed by atoms with Gasteiger partial charge in [0.05, 0.1) is 20.3 Å². The second-order valence-corrected chi connectivity index (χ2v) is 5.33. The largest absolute Gasteiger partial charge is 0.496 e. The maximum Gasteiger partial charge on any atom is 0.130 e. The smallest absolute Gasteiger partial charge is 0.130 e. The number of methoxy groups -OCH3 is 1. The van der Waals surface area contributed by atoms with Gasteiger partial charge < -0.3 is 9.47 Å². The van der Waals surface area contributed by atoms with Crippen LogP contribution in [-0.2, 0) is 11.2 Å². The molecule has 1 aromatic rings. The molecule has 1 aliphatic heterocycles. The van der Waals surface area contributed by atoms with Crippen LogP contribution in [0.5, 0.6) is 5.75 Å². The van der Waals surface area contributed by atoms with E-state index in [9.17, 15) is 4.39 Å². The minimum Gasteiger partial charge on any atom is -0.496 e. The predicted molar refractivity (Wildman–Crippen MR) is 76.5 cm³/mol. The fourth-order valence-electron chi connectivity index (χ4n) is 2.95. The molecule has 20 heavy (non-hydrogen) atoms. The summed E-state index contributed by atoms with van der Waals surface area (Å²) in [5, 5.41) is 0. The molecule has 2 aliphatic rings. The van der Waals surface area contributed by atoms with Gasteiger partial charge in [-0.1, -0.05) is 11.6 Å². The highest BCUT2D eigenvalue weighted by molar-refractivity contribution is 5.63. The Labute approximate surface area is 119 Å². The van der Waals surface area contributed by atoms with Crippen molar-refractivity contribution in [3.63, 3.8) is 0 Å². The van der Waals surface area contributed by atoms with E-state index in [0.29, 0.717) is 5.56 Å². The lowest BCUT2D eigenvalue weighted by Crippen LogP contribution is -2.37. The van der Waals surface area contributed by atoms with E-state index in [4.69, 9.17) is 9.47 Å². The van der Waals surface area contributed by atoms with Crippen molar-refractivity contribution >= 4 is 6.08 Å². The SMILES string of the molecule is COc1ccc(F)c2c1CCC(CN1CCOCC1)=C2. The van der Waals surface area contributed by atoms with E-state index >= 15 is 0 Å². The number of benzene rings is 1. The van der Waals surface area contributed by atoms with Gasteiger partial charge in [0.1, 0.15) is 11.6 Å². The molecule has 1 aliphatic carbocycles. The van der Waals surface area contributed by atoms with Gasteiger partial charge in [0.25, 0.3) is 0 Å². The normalized spacial score (nSPS) is 19.4. The summed E-state index contributed by atoms with van der Waals surface area (Å²) in [6, 6.07) is 3.21. The Balaban J connectivity index is 1.82. The molecule has 0 amide bonds. The third kappa shape index (κ3) is 2.72. The summed E-state index contributed by atoms with van der Waals surface area (Å²) in [5.74, 6) is 0.642. The van der Waals surface area contributed by atoms with Crippen molar-refractivity contribution in [2.45, 2.75) is 12.8 Å². The molecule has 0 unspecified atom stereocenters. The average Bonchev–Trinajstić information content (AvgIpc) is 2.49. The Hall–Kier alpha value is -1.39. The molecular weight excluding hydrogens is 257 g/mol. The van der Waals surface area contributed by atoms with Gasteiger partial charge >= 0.3 is 0 Å². The zero-order valence-corrected chi connectivity index (χ0v) is 11.8. The second kappa shape index (κ2) is 5.94. The van der Waals surface area contributed by atoms with Crippen LogP contribution in [0.1, 0.15) is 17.5 Å². The van der Waals surface area contributed by atoms with Crippen LogP contribution < -0.4 is 4.74 Å². The molecule has 0 spiro atoms. The Morgan fingerprint density at radius 3 is 2.80 bits per heavy atom. The lowest BCUT2D eigenvalue weighted by atomic mass is 9.90. The highest BCUT2D eigenvalue weighted by Gasteiger charge is 2.20. The van der Waals surface area contributed by atoms with Crippen LogP contribution >= 0.6 is 0 Å². The van der Waals surface area contributed by atoms with Crippen LogP contribution in [-0.4, -0.2) is 44.9 Å². The van der Waals surface area contributed by atoms with Crippen LogP contribution in [0, 0.1) is 5.82 Å². The molecule has 3 nitrogen and oxygen atoms in total. The fraction of sp³-hybridized carbons (Fsp3) is 0.500. The molecule has 1 fully saturated rings. The van der Waals surface area contributed by atoms with Crippen molar-refractivity contribution in [3.05, 3.63) is 34.6 Å². The first-order valence-electron chi connectivity index (χ1n) is 7.13. The summed E-state index contributed by atoms with van der Waals surface area (Å²) in [6.45, 7) is 4.44. The number of hydrogen-bond acceptors (Lipinski definition) is 3. The topological polar surface area (TPSA) is 21.7 Å². The summed E-state index contributed by atoms with van der Waals surface area (Å²) in [4.78, 5) is 2.37. The Kier molecular flexibility index (Phi) is 4.03. The summed E-state index contributed by atoms with van der Waals surface area (Å²) >= 11 is 0. The van der Waals surface area contributed by atoms with Crippen LogP contribution in [0.2, 0.25) is 0 Å². The number of ether oxygens (including phenoxy) is 2. The molecule has 0 radical (unpaired) electrons. The van der Waals surface area contributed by atoms with Crippen LogP contribution in [0.15, 0.2) is 17.7 Å². The van der Waals surface area contributed by atoms with Gasteiger partial charge in [-0.2, -0.15) is 0 Å². The van der Waals surface area contributed by atoms with Crippen molar-refractivity contribution in [2.75, 3.05) is 40.0 Å². The van der Waals surface area contributed by atoms with Crippen molar-refractivity contribution in [3.8, 4) is 5.75 Å². The fourth-order valence-corrected chi connectivity index (χ4v) is 2.95. The maximum absolute atomic E-state index is 14.0. The highest BCUT2D eigenvalue weighted by Crippen LogP contribution is 2.33. The number of nitrogens with zero attached hydrogens (tertiary/aromatic N) is 1.